The van der Waals surface area contributed by atoms with E-state index in [0.717, 1.165) is 5.56 Å². The van der Waals surface area contributed by atoms with Crippen LogP contribution in [0.15, 0.2) is 59.1 Å². The summed E-state index contributed by atoms with van der Waals surface area (Å²) in [5.74, 6) is -1.42. The summed E-state index contributed by atoms with van der Waals surface area (Å²) in [6, 6.07) is 14.8. The minimum atomic E-state index is -1.15. The zero-order valence-electron chi connectivity index (χ0n) is 11.9. The fourth-order valence-corrected chi connectivity index (χ4v) is 2.16. The average Bonchev–Trinajstić information content (AvgIpc) is 2.99. The van der Waals surface area contributed by atoms with Gasteiger partial charge in [-0.1, -0.05) is 41.6 Å². The molecule has 0 amide bonds. The molecule has 0 spiro atoms. The van der Waals surface area contributed by atoms with Gasteiger partial charge in [-0.3, -0.25) is 0 Å². The predicted octanol–water partition coefficient (Wildman–Crippen LogP) is 4.35. The van der Waals surface area contributed by atoms with Gasteiger partial charge in [0, 0.05) is 5.56 Å². The molecule has 5 heteroatoms. The topological polar surface area (TPSA) is 63.3 Å². The highest BCUT2D eigenvalue weighted by Crippen LogP contribution is 2.27. The van der Waals surface area contributed by atoms with Gasteiger partial charge in [0.1, 0.15) is 17.1 Å². The van der Waals surface area contributed by atoms with Crippen LogP contribution in [0.2, 0.25) is 0 Å². The molecule has 0 atom stereocenters. The van der Waals surface area contributed by atoms with E-state index < -0.39 is 11.8 Å². The number of carbonyl (C=O) groups is 1. The van der Waals surface area contributed by atoms with Crippen molar-refractivity contribution in [3.8, 4) is 11.3 Å². The lowest BCUT2D eigenvalue weighted by Gasteiger charge is -1.98. The molecule has 2 aromatic carbocycles. The maximum Gasteiger partial charge on any atom is 0.341 e. The van der Waals surface area contributed by atoms with Crippen molar-refractivity contribution in [1.29, 1.82) is 0 Å². The molecule has 1 heterocycles. The first-order chi connectivity index (χ1) is 11.1. The van der Waals surface area contributed by atoms with Crippen molar-refractivity contribution in [3.05, 3.63) is 77.3 Å². The Morgan fingerprint density at radius 3 is 2.39 bits per heavy atom. The lowest BCUT2D eigenvalue weighted by Crippen LogP contribution is -1.99. The zero-order valence-corrected chi connectivity index (χ0v) is 11.9. The van der Waals surface area contributed by atoms with Crippen molar-refractivity contribution in [2.45, 2.75) is 0 Å². The number of carboxylic acid groups (broad SMARTS) is 1. The molecule has 0 radical (unpaired) electrons. The smallest absolute Gasteiger partial charge is 0.341 e. The maximum atomic E-state index is 13.0. The lowest BCUT2D eigenvalue weighted by atomic mass is 10.1. The first kappa shape index (κ1) is 14.7. The van der Waals surface area contributed by atoms with Crippen LogP contribution in [0, 0.1) is 5.82 Å². The van der Waals surface area contributed by atoms with Gasteiger partial charge < -0.3 is 9.63 Å². The van der Waals surface area contributed by atoms with E-state index in [1.807, 2.05) is 30.3 Å². The van der Waals surface area contributed by atoms with Crippen LogP contribution in [0.1, 0.15) is 21.7 Å². The van der Waals surface area contributed by atoms with E-state index in [4.69, 9.17) is 4.52 Å². The van der Waals surface area contributed by atoms with Crippen LogP contribution in [-0.4, -0.2) is 16.2 Å². The number of carboxylic acids is 1. The normalized spacial score (nSPS) is 11.0. The minimum Gasteiger partial charge on any atom is -0.477 e. The highest BCUT2D eigenvalue weighted by Gasteiger charge is 2.22. The quantitative estimate of drug-likeness (QED) is 0.778. The largest absolute Gasteiger partial charge is 0.477 e. The molecular formula is C18H12FNO3. The number of halogens is 1. The molecule has 23 heavy (non-hydrogen) atoms. The Bertz CT molecular complexity index is 852. The van der Waals surface area contributed by atoms with Gasteiger partial charge in [-0.25, -0.2) is 9.18 Å². The lowest BCUT2D eigenvalue weighted by molar-refractivity contribution is 0.0696. The van der Waals surface area contributed by atoms with E-state index >= 15 is 0 Å². The third-order valence-electron chi connectivity index (χ3n) is 3.28. The standard InChI is InChI=1S/C18H12FNO3/c19-14-9-7-13(8-10-14)17-16(18(21)22)15(23-20-17)11-6-12-4-2-1-3-5-12/h1-11H,(H,21,22). The number of nitrogens with zero attached hydrogens (tertiary/aromatic N) is 1. The predicted molar refractivity (Wildman–Crippen MR) is 84.2 cm³/mol. The van der Waals surface area contributed by atoms with Crippen LogP contribution in [-0.2, 0) is 0 Å². The van der Waals surface area contributed by atoms with E-state index in [1.165, 1.54) is 24.3 Å². The highest BCUT2D eigenvalue weighted by atomic mass is 19.1. The molecule has 0 aliphatic carbocycles. The van der Waals surface area contributed by atoms with Crippen LogP contribution in [0.4, 0.5) is 4.39 Å². The van der Waals surface area contributed by atoms with Crippen molar-refractivity contribution in [2.24, 2.45) is 0 Å². The van der Waals surface area contributed by atoms with Crippen LogP contribution in [0.25, 0.3) is 23.4 Å². The van der Waals surface area contributed by atoms with Crippen molar-refractivity contribution in [3.63, 3.8) is 0 Å². The van der Waals surface area contributed by atoms with Gasteiger partial charge in [0.2, 0.25) is 0 Å². The Hall–Kier alpha value is -3.21. The molecule has 0 bridgehead atoms. The van der Waals surface area contributed by atoms with Crippen molar-refractivity contribution in [1.82, 2.24) is 5.16 Å². The van der Waals surface area contributed by atoms with E-state index in [1.54, 1.807) is 12.2 Å². The Labute approximate surface area is 131 Å². The first-order valence-electron chi connectivity index (χ1n) is 6.87. The summed E-state index contributed by atoms with van der Waals surface area (Å²) in [7, 11) is 0. The molecule has 0 unspecified atom stereocenters. The second-order valence-electron chi connectivity index (χ2n) is 4.83. The molecule has 0 saturated heterocycles. The second kappa shape index (κ2) is 6.27. The summed E-state index contributed by atoms with van der Waals surface area (Å²) in [5.41, 5.74) is 1.50. The minimum absolute atomic E-state index is 0.0520. The molecule has 0 fully saturated rings. The van der Waals surface area contributed by atoms with Crippen molar-refractivity contribution < 1.29 is 18.8 Å². The van der Waals surface area contributed by atoms with Crippen molar-refractivity contribution in [2.75, 3.05) is 0 Å². The first-order valence-corrected chi connectivity index (χ1v) is 6.87. The number of aromatic nitrogens is 1. The van der Waals surface area contributed by atoms with E-state index in [9.17, 15) is 14.3 Å². The summed E-state index contributed by atoms with van der Waals surface area (Å²) in [6.07, 6.45) is 3.29. The Kier molecular flexibility index (Phi) is 4.01. The summed E-state index contributed by atoms with van der Waals surface area (Å²) in [6.45, 7) is 0. The fraction of sp³-hybridized carbons (Fsp3) is 0. The van der Waals surface area contributed by atoms with Gasteiger partial charge in [0.05, 0.1) is 0 Å². The maximum absolute atomic E-state index is 13.0. The van der Waals surface area contributed by atoms with Gasteiger partial charge in [0.25, 0.3) is 0 Å². The molecular weight excluding hydrogens is 297 g/mol. The number of hydrogen-bond donors (Lipinski definition) is 1. The van der Waals surface area contributed by atoms with E-state index in [2.05, 4.69) is 5.16 Å². The summed E-state index contributed by atoms with van der Waals surface area (Å²) in [5, 5.41) is 13.3. The SMILES string of the molecule is O=C(O)c1c(-c2ccc(F)cc2)noc1C=Cc1ccccc1. The molecule has 0 aliphatic rings. The van der Waals surface area contributed by atoms with Gasteiger partial charge >= 0.3 is 5.97 Å². The Morgan fingerprint density at radius 1 is 1.04 bits per heavy atom. The molecule has 0 aliphatic heterocycles. The average molecular weight is 309 g/mol. The number of benzene rings is 2. The Balaban J connectivity index is 2.01. The van der Waals surface area contributed by atoms with E-state index in [0.29, 0.717) is 5.56 Å². The molecule has 3 aromatic rings. The van der Waals surface area contributed by atoms with Gasteiger partial charge in [-0.15, -0.1) is 0 Å². The van der Waals surface area contributed by atoms with Crippen LogP contribution in [0.3, 0.4) is 0 Å². The second-order valence-corrected chi connectivity index (χ2v) is 4.83. The summed E-state index contributed by atoms with van der Waals surface area (Å²) < 4.78 is 18.2. The fourth-order valence-electron chi connectivity index (χ4n) is 2.16. The molecule has 4 nitrogen and oxygen atoms in total. The molecule has 1 aromatic heterocycles. The number of hydrogen-bond acceptors (Lipinski definition) is 3. The molecule has 3 rings (SSSR count). The number of aromatic carboxylic acids is 1. The zero-order chi connectivity index (χ0) is 16.2. The van der Waals surface area contributed by atoms with Crippen LogP contribution < -0.4 is 0 Å². The van der Waals surface area contributed by atoms with Gasteiger partial charge in [-0.2, -0.15) is 0 Å². The Morgan fingerprint density at radius 2 is 1.74 bits per heavy atom. The van der Waals surface area contributed by atoms with Crippen LogP contribution in [0.5, 0.6) is 0 Å². The third kappa shape index (κ3) is 3.18. The third-order valence-corrected chi connectivity index (χ3v) is 3.28. The van der Waals surface area contributed by atoms with E-state index in [-0.39, 0.29) is 17.0 Å². The molecule has 1 N–H and O–H groups in total. The monoisotopic (exact) mass is 309 g/mol. The summed E-state index contributed by atoms with van der Waals surface area (Å²) in [4.78, 5) is 11.5. The van der Waals surface area contributed by atoms with Crippen molar-refractivity contribution >= 4 is 18.1 Å². The molecule has 114 valence electrons. The van der Waals surface area contributed by atoms with Crippen LogP contribution >= 0.6 is 0 Å². The summed E-state index contributed by atoms with van der Waals surface area (Å²) >= 11 is 0. The van der Waals surface area contributed by atoms with Gasteiger partial charge in [0.15, 0.2) is 5.76 Å². The highest BCUT2D eigenvalue weighted by molar-refractivity contribution is 5.98. The number of rotatable bonds is 4. The van der Waals surface area contributed by atoms with Gasteiger partial charge in [-0.05, 0) is 35.9 Å². The molecule has 0 saturated carbocycles.